The van der Waals surface area contributed by atoms with Gasteiger partial charge in [-0.05, 0) is 12.5 Å². The molecule has 0 spiro atoms. The molecular weight excluding hydrogens is 514 g/mol. The van der Waals surface area contributed by atoms with Crippen LogP contribution in [0.2, 0.25) is 0 Å². The van der Waals surface area contributed by atoms with Crippen LogP contribution < -0.4 is 9.47 Å². The lowest BCUT2D eigenvalue weighted by Gasteiger charge is -2.44. The standard InChI is InChI=1S/C30H44N3O5S/c1-7-8-9-12-18-36-28-27(31-39-32-28)24-15-13-17-33(6,20-24)29(21(2)3)38-26(34)19-23-14-10-11-16-25(23)37-30(35)22(4)5/h10-11,14-16,21-22,29H,7-9,12-13,17-20H2,1-6H3/q+1. The Kier molecular flexibility index (Phi) is 11.5. The van der Waals surface area contributed by atoms with Gasteiger partial charge in [-0.15, -0.1) is 4.37 Å². The Morgan fingerprint density at radius 3 is 2.56 bits per heavy atom. The van der Waals surface area contributed by atoms with Crippen LogP contribution in [0.3, 0.4) is 0 Å². The number of quaternary nitrogens is 1. The van der Waals surface area contributed by atoms with Gasteiger partial charge < -0.3 is 14.2 Å². The fourth-order valence-corrected chi connectivity index (χ4v) is 5.45. The molecule has 2 unspecified atom stereocenters. The average molecular weight is 559 g/mol. The lowest BCUT2D eigenvalue weighted by atomic mass is 10.0. The number of hydrogen-bond acceptors (Lipinski definition) is 8. The first-order chi connectivity index (χ1) is 18.6. The first kappa shape index (κ1) is 30.8. The molecule has 214 valence electrons. The van der Waals surface area contributed by atoms with Crippen LogP contribution in [0.5, 0.6) is 11.6 Å². The Balaban J connectivity index is 1.69. The van der Waals surface area contributed by atoms with Crippen molar-refractivity contribution in [2.45, 2.75) is 79.4 Å². The van der Waals surface area contributed by atoms with Crippen molar-refractivity contribution >= 4 is 29.2 Å². The highest BCUT2D eigenvalue weighted by molar-refractivity contribution is 6.99. The summed E-state index contributed by atoms with van der Waals surface area (Å²) in [4.78, 5) is 25.4. The first-order valence-electron chi connectivity index (χ1n) is 14.1. The van der Waals surface area contributed by atoms with E-state index in [0.717, 1.165) is 37.1 Å². The Morgan fingerprint density at radius 2 is 1.85 bits per heavy atom. The maximum absolute atomic E-state index is 13.2. The second-order valence-electron chi connectivity index (χ2n) is 11.2. The van der Waals surface area contributed by atoms with Crippen molar-refractivity contribution in [1.29, 1.82) is 0 Å². The first-order valence-corrected chi connectivity index (χ1v) is 14.9. The molecule has 1 aliphatic heterocycles. The molecular formula is C30H44N3O5S+. The van der Waals surface area contributed by atoms with Crippen molar-refractivity contribution in [3.63, 3.8) is 0 Å². The van der Waals surface area contributed by atoms with Crippen LogP contribution in [-0.2, 0) is 20.7 Å². The van der Waals surface area contributed by atoms with Gasteiger partial charge in [0, 0.05) is 23.5 Å². The van der Waals surface area contributed by atoms with E-state index in [9.17, 15) is 9.59 Å². The number of nitrogens with zero attached hydrogens (tertiary/aromatic N) is 3. The molecule has 0 fully saturated rings. The van der Waals surface area contributed by atoms with Gasteiger partial charge in [-0.3, -0.25) is 14.1 Å². The number of benzene rings is 1. The second-order valence-corrected chi connectivity index (χ2v) is 11.7. The monoisotopic (exact) mass is 558 g/mol. The molecule has 1 aliphatic rings. The molecule has 1 aromatic heterocycles. The van der Waals surface area contributed by atoms with Crippen molar-refractivity contribution in [1.82, 2.24) is 8.75 Å². The molecule has 2 heterocycles. The number of unbranched alkanes of at least 4 members (excludes halogenated alkanes) is 3. The molecule has 0 saturated carbocycles. The zero-order valence-electron chi connectivity index (χ0n) is 24.3. The summed E-state index contributed by atoms with van der Waals surface area (Å²) in [7, 11) is 2.13. The van der Waals surface area contributed by atoms with Crippen LogP contribution in [0.4, 0.5) is 0 Å². The number of carbonyl (C=O) groups is 2. The number of likely N-dealkylation sites (N-methyl/N-ethyl adjacent to an activating group) is 1. The molecule has 9 heteroatoms. The maximum Gasteiger partial charge on any atom is 0.314 e. The fourth-order valence-electron chi connectivity index (χ4n) is 4.91. The van der Waals surface area contributed by atoms with Gasteiger partial charge in [-0.2, -0.15) is 4.37 Å². The van der Waals surface area contributed by atoms with E-state index in [4.69, 9.17) is 14.2 Å². The molecule has 2 atom stereocenters. The van der Waals surface area contributed by atoms with Gasteiger partial charge in [0.05, 0.1) is 44.3 Å². The minimum atomic E-state index is -0.350. The van der Waals surface area contributed by atoms with E-state index in [-0.39, 0.29) is 36.4 Å². The van der Waals surface area contributed by atoms with Crippen LogP contribution in [0, 0.1) is 11.8 Å². The van der Waals surface area contributed by atoms with Gasteiger partial charge in [-0.25, -0.2) is 0 Å². The van der Waals surface area contributed by atoms with Gasteiger partial charge in [0.1, 0.15) is 18.0 Å². The summed E-state index contributed by atoms with van der Waals surface area (Å²) in [5, 5.41) is 0. The van der Waals surface area contributed by atoms with E-state index in [1.807, 2.05) is 6.07 Å². The third-order valence-electron chi connectivity index (χ3n) is 6.99. The molecule has 0 amide bonds. The molecule has 1 aromatic carbocycles. The zero-order chi connectivity index (χ0) is 28.4. The molecule has 39 heavy (non-hydrogen) atoms. The molecule has 8 nitrogen and oxygen atoms in total. The van der Waals surface area contributed by atoms with Gasteiger partial charge in [0.25, 0.3) is 5.88 Å². The molecule has 2 aromatic rings. The van der Waals surface area contributed by atoms with Gasteiger partial charge >= 0.3 is 11.9 Å². The van der Waals surface area contributed by atoms with Crippen LogP contribution in [0.25, 0.3) is 5.57 Å². The van der Waals surface area contributed by atoms with Gasteiger partial charge in [0.15, 0.2) is 0 Å². The largest absolute Gasteiger partial charge is 0.475 e. The average Bonchev–Trinajstić information content (AvgIpc) is 3.36. The number of carbonyl (C=O) groups excluding carboxylic acids is 2. The van der Waals surface area contributed by atoms with Crippen LogP contribution >= 0.6 is 11.7 Å². The number of hydrogen-bond donors (Lipinski definition) is 0. The minimum Gasteiger partial charge on any atom is -0.475 e. The van der Waals surface area contributed by atoms with Gasteiger partial charge in [-0.1, -0.05) is 78.2 Å². The number of aromatic nitrogens is 2. The lowest BCUT2D eigenvalue weighted by molar-refractivity contribution is -0.950. The summed E-state index contributed by atoms with van der Waals surface area (Å²) in [6.07, 6.45) is 7.27. The summed E-state index contributed by atoms with van der Waals surface area (Å²) >= 11 is 1.17. The molecule has 0 aliphatic carbocycles. The second kappa shape index (κ2) is 14.6. The highest BCUT2D eigenvalue weighted by Crippen LogP contribution is 2.33. The van der Waals surface area contributed by atoms with E-state index < -0.39 is 0 Å². The number of rotatable bonds is 14. The van der Waals surface area contributed by atoms with E-state index >= 15 is 0 Å². The van der Waals surface area contributed by atoms with E-state index in [2.05, 4.69) is 42.6 Å². The predicted octanol–water partition coefficient (Wildman–Crippen LogP) is 6.06. The van der Waals surface area contributed by atoms with Crippen molar-refractivity contribution in [2.75, 3.05) is 26.7 Å². The molecule has 0 bridgehead atoms. The molecule has 0 radical (unpaired) electrons. The smallest absolute Gasteiger partial charge is 0.314 e. The molecule has 3 rings (SSSR count). The van der Waals surface area contributed by atoms with E-state index in [1.54, 1.807) is 32.0 Å². The Labute approximate surface area is 237 Å². The highest BCUT2D eigenvalue weighted by Gasteiger charge is 2.41. The summed E-state index contributed by atoms with van der Waals surface area (Å²) in [5.41, 5.74) is 2.51. The third-order valence-corrected chi connectivity index (χ3v) is 7.50. The van der Waals surface area contributed by atoms with Crippen LogP contribution in [-0.4, -0.2) is 58.1 Å². The van der Waals surface area contributed by atoms with Crippen molar-refractivity contribution in [3.8, 4) is 11.6 Å². The number of para-hydroxylation sites is 1. The topological polar surface area (TPSA) is 87.6 Å². The third kappa shape index (κ3) is 8.60. The Bertz CT molecular complexity index is 1130. The maximum atomic E-state index is 13.2. The highest BCUT2D eigenvalue weighted by atomic mass is 32.1. The summed E-state index contributed by atoms with van der Waals surface area (Å²) in [5.74, 6) is 0.153. The van der Waals surface area contributed by atoms with Crippen LogP contribution in [0.1, 0.15) is 78.0 Å². The van der Waals surface area contributed by atoms with Crippen molar-refractivity contribution in [3.05, 3.63) is 41.6 Å². The Hall–Kier alpha value is -2.78. The fraction of sp³-hybridized carbons (Fsp3) is 0.600. The van der Waals surface area contributed by atoms with Crippen molar-refractivity contribution in [2.24, 2.45) is 11.8 Å². The quantitative estimate of drug-likeness (QED) is 0.121. The van der Waals surface area contributed by atoms with Gasteiger partial charge in [0.2, 0.25) is 6.23 Å². The lowest BCUT2D eigenvalue weighted by Crippen LogP contribution is -2.58. The van der Waals surface area contributed by atoms with E-state index in [1.165, 1.54) is 24.6 Å². The number of ether oxygens (including phenoxy) is 3. The zero-order valence-corrected chi connectivity index (χ0v) is 25.1. The summed E-state index contributed by atoms with van der Waals surface area (Å²) < 4.78 is 27.2. The molecule has 0 saturated heterocycles. The summed E-state index contributed by atoms with van der Waals surface area (Å²) in [6.45, 7) is 12.0. The predicted molar refractivity (Wildman–Crippen MR) is 153 cm³/mol. The normalized spacial score (nSPS) is 18.1. The van der Waals surface area contributed by atoms with E-state index in [0.29, 0.717) is 34.8 Å². The number of esters is 2. The Morgan fingerprint density at radius 1 is 1.08 bits per heavy atom. The van der Waals surface area contributed by atoms with Crippen molar-refractivity contribution < 1.29 is 28.3 Å². The van der Waals surface area contributed by atoms with Crippen LogP contribution in [0.15, 0.2) is 30.3 Å². The minimum absolute atomic E-state index is 0.0273. The molecule has 0 N–H and O–H groups in total. The SMILES string of the molecule is CCCCCCOc1nsnc1C1=CCC[N+](C)(C(OC(=O)Cc2ccccc2OC(=O)C(C)C)C(C)C)C1. The summed E-state index contributed by atoms with van der Waals surface area (Å²) in [6, 6.07) is 7.13.